The summed E-state index contributed by atoms with van der Waals surface area (Å²) in [6, 6.07) is 7.13. The molecule has 17 heavy (non-hydrogen) atoms. The lowest BCUT2D eigenvalue weighted by molar-refractivity contribution is 0.00596. The molecule has 0 radical (unpaired) electrons. The Morgan fingerprint density at radius 3 is 2.35 bits per heavy atom. The maximum Gasteiger partial charge on any atom is 0.124 e. The molecule has 0 unspecified atom stereocenters. The molecule has 4 nitrogen and oxygen atoms in total. The van der Waals surface area contributed by atoms with Gasteiger partial charge in [0.15, 0.2) is 0 Å². The Hall–Kier alpha value is -1.10. The summed E-state index contributed by atoms with van der Waals surface area (Å²) in [5.41, 5.74) is 0.909. The second-order valence-electron chi connectivity index (χ2n) is 5.20. The van der Waals surface area contributed by atoms with Gasteiger partial charge in [0.1, 0.15) is 12.0 Å². The Balaban J connectivity index is 2.08. The molecule has 1 saturated heterocycles. The number of likely N-dealkylation sites (N-methyl/N-ethyl adjacent to an activating group) is 1. The molecular weight excluding hydrogens is 216 g/mol. The number of hydrogen-bond acceptors (Lipinski definition) is 4. The standard InChI is InChI=1S/C13H20N2O2/c1-13(2)14-11(12(17)15(13)3)8-9-4-6-10(16)7-5-9/h4-7,11-12,14,16-17H,8H2,1-3H3/t11-,12-/m0/s1. The van der Waals surface area contributed by atoms with Gasteiger partial charge in [-0.1, -0.05) is 12.1 Å². The summed E-state index contributed by atoms with van der Waals surface area (Å²) in [5, 5.41) is 22.8. The number of nitrogens with zero attached hydrogens (tertiary/aromatic N) is 1. The van der Waals surface area contributed by atoms with E-state index in [1.807, 2.05) is 37.9 Å². The van der Waals surface area contributed by atoms with Gasteiger partial charge in [-0.3, -0.25) is 10.2 Å². The lowest BCUT2D eigenvalue weighted by Gasteiger charge is -2.28. The summed E-state index contributed by atoms with van der Waals surface area (Å²) in [6.07, 6.45) is 0.258. The van der Waals surface area contributed by atoms with E-state index < -0.39 is 6.23 Å². The van der Waals surface area contributed by atoms with Crippen LogP contribution in [0.2, 0.25) is 0 Å². The van der Waals surface area contributed by atoms with Gasteiger partial charge in [-0.05, 0) is 45.0 Å². The zero-order valence-electron chi connectivity index (χ0n) is 10.5. The number of aliphatic hydroxyl groups is 1. The summed E-state index contributed by atoms with van der Waals surface area (Å²) < 4.78 is 0. The van der Waals surface area contributed by atoms with Gasteiger partial charge in [0, 0.05) is 0 Å². The van der Waals surface area contributed by atoms with Gasteiger partial charge < -0.3 is 10.2 Å². The van der Waals surface area contributed by atoms with Gasteiger partial charge in [-0.2, -0.15) is 0 Å². The van der Waals surface area contributed by atoms with Crippen LogP contribution in [0.5, 0.6) is 5.75 Å². The number of rotatable bonds is 2. The van der Waals surface area contributed by atoms with E-state index in [0.29, 0.717) is 0 Å². The highest BCUT2D eigenvalue weighted by molar-refractivity contribution is 5.26. The van der Waals surface area contributed by atoms with E-state index in [2.05, 4.69) is 5.32 Å². The topological polar surface area (TPSA) is 55.7 Å². The van der Waals surface area contributed by atoms with Gasteiger partial charge >= 0.3 is 0 Å². The molecule has 1 heterocycles. The molecule has 2 atom stereocenters. The van der Waals surface area contributed by atoms with Crippen LogP contribution < -0.4 is 5.32 Å². The zero-order valence-corrected chi connectivity index (χ0v) is 10.5. The number of aromatic hydroxyl groups is 1. The number of nitrogens with one attached hydrogen (secondary N) is 1. The van der Waals surface area contributed by atoms with E-state index in [-0.39, 0.29) is 17.5 Å². The first-order chi connectivity index (χ1) is 7.90. The van der Waals surface area contributed by atoms with Crippen LogP contribution in [0, 0.1) is 0 Å². The van der Waals surface area contributed by atoms with Crippen LogP contribution in [0.1, 0.15) is 19.4 Å². The van der Waals surface area contributed by atoms with Crippen molar-refractivity contribution < 1.29 is 10.2 Å². The molecule has 1 aromatic rings. The van der Waals surface area contributed by atoms with Crippen LogP contribution in [0.3, 0.4) is 0 Å². The third-order valence-electron chi connectivity index (χ3n) is 3.57. The highest BCUT2D eigenvalue weighted by Crippen LogP contribution is 2.24. The minimum absolute atomic E-state index is 0.0135. The van der Waals surface area contributed by atoms with E-state index >= 15 is 0 Å². The number of phenols is 1. The molecule has 0 aliphatic carbocycles. The van der Waals surface area contributed by atoms with Crippen molar-refractivity contribution in [1.82, 2.24) is 10.2 Å². The van der Waals surface area contributed by atoms with Gasteiger partial charge in [0.2, 0.25) is 0 Å². The average molecular weight is 236 g/mol. The SMILES string of the molecule is CN1[C@@H](O)[C@H](Cc2ccc(O)cc2)NC1(C)C. The van der Waals surface area contributed by atoms with E-state index in [0.717, 1.165) is 12.0 Å². The van der Waals surface area contributed by atoms with Gasteiger partial charge in [0.25, 0.3) is 0 Å². The fourth-order valence-electron chi connectivity index (χ4n) is 2.27. The van der Waals surface area contributed by atoms with Crippen LogP contribution in [-0.4, -0.2) is 40.1 Å². The highest BCUT2D eigenvalue weighted by Gasteiger charge is 2.42. The Labute approximate surface area is 102 Å². The molecular formula is C13H20N2O2. The molecule has 0 aromatic heterocycles. The van der Waals surface area contributed by atoms with Crippen LogP contribution in [-0.2, 0) is 6.42 Å². The first-order valence-electron chi connectivity index (χ1n) is 5.87. The van der Waals surface area contributed by atoms with E-state index in [1.165, 1.54) is 0 Å². The van der Waals surface area contributed by atoms with Crippen LogP contribution in [0.25, 0.3) is 0 Å². The first-order valence-corrected chi connectivity index (χ1v) is 5.87. The third-order valence-corrected chi connectivity index (χ3v) is 3.57. The third kappa shape index (κ3) is 2.44. The lowest BCUT2D eigenvalue weighted by Crippen LogP contribution is -2.45. The maximum atomic E-state index is 10.1. The number of phenolic OH excluding ortho intramolecular Hbond substituents is 1. The second kappa shape index (κ2) is 4.29. The van der Waals surface area contributed by atoms with E-state index in [1.54, 1.807) is 12.1 Å². The molecule has 1 fully saturated rings. The number of benzene rings is 1. The lowest BCUT2D eigenvalue weighted by atomic mass is 10.1. The predicted octanol–water partition coefficient (Wildman–Crippen LogP) is 0.893. The first kappa shape index (κ1) is 12.4. The van der Waals surface area contributed by atoms with Crippen molar-refractivity contribution in [1.29, 1.82) is 0 Å². The monoisotopic (exact) mass is 236 g/mol. The zero-order chi connectivity index (χ0) is 12.6. The number of hydrogen-bond donors (Lipinski definition) is 3. The molecule has 1 aromatic carbocycles. The fraction of sp³-hybridized carbons (Fsp3) is 0.538. The molecule has 3 N–H and O–H groups in total. The van der Waals surface area contributed by atoms with Crippen molar-refractivity contribution in [3.8, 4) is 5.75 Å². The van der Waals surface area contributed by atoms with Gasteiger partial charge in [0.05, 0.1) is 11.7 Å². The summed E-state index contributed by atoms with van der Waals surface area (Å²) in [7, 11) is 1.91. The molecule has 0 amide bonds. The van der Waals surface area contributed by atoms with Crippen LogP contribution in [0.4, 0.5) is 0 Å². The Bertz CT molecular complexity index is 389. The molecule has 4 heteroatoms. The maximum absolute atomic E-state index is 10.1. The normalized spacial score (nSPS) is 28.5. The summed E-state index contributed by atoms with van der Waals surface area (Å²) >= 11 is 0. The Morgan fingerprint density at radius 1 is 1.29 bits per heavy atom. The van der Waals surface area contributed by atoms with Crippen molar-refractivity contribution in [2.45, 2.75) is 38.2 Å². The van der Waals surface area contributed by atoms with Crippen molar-refractivity contribution in [3.05, 3.63) is 29.8 Å². The minimum atomic E-state index is -0.487. The summed E-state index contributed by atoms with van der Waals surface area (Å²) in [5.74, 6) is 0.270. The molecule has 0 spiro atoms. The highest BCUT2D eigenvalue weighted by atomic mass is 16.3. The average Bonchev–Trinajstić information content (AvgIpc) is 2.46. The molecule has 0 bridgehead atoms. The van der Waals surface area contributed by atoms with Crippen LogP contribution >= 0.6 is 0 Å². The quantitative estimate of drug-likeness (QED) is 0.714. The smallest absolute Gasteiger partial charge is 0.124 e. The van der Waals surface area contributed by atoms with Crippen molar-refractivity contribution >= 4 is 0 Å². The number of aliphatic hydroxyl groups excluding tert-OH is 1. The minimum Gasteiger partial charge on any atom is -0.508 e. The van der Waals surface area contributed by atoms with Crippen molar-refractivity contribution in [2.75, 3.05) is 7.05 Å². The van der Waals surface area contributed by atoms with Crippen LogP contribution in [0.15, 0.2) is 24.3 Å². The summed E-state index contributed by atoms with van der Waals surface area (Å²) in [6.45, 7) is 4.10. The van der Waals surface area contributed by atoms with E-state index in [4.69, 9.17) is 0 Å². The van der Waals surface area contributed by atoms with Crippen molar-refractivity contribution in [2.24, 2.45) is 0 Å². The Kier molecular flexibility index (Phi) is 3.12. The largest absolute Gasteiger partial charge is 0.508 e. The molecule has 1 aliphatic heterocycles. The predicted molar refractivity (Wildman–Crippen MR) is 66.6 cm³/mol. The van der Waals surface area contributed by atoms with Gasteiger partial charge in [-0.25, -0.2) is 0 Å². The Morgan fingerprint density at radius 2 is 1.88 bits per heavy atom. The molecule has 1 aliphatic rings. The second-order valence-corrected chi connectivity index (χ2v) is 5.20. The summed E-state index contributed by atoms with van der Waals surface area (Å²) in [4.78, 5) is 1.93. The molecule has 94 valence electrons. The van der Waals surface area contributed by atoms with Gasteiger partial charge in [-0.15, -0.1) is 0 Å². The fourth-order valence-corrected chi connectivity index (χ4v) is 2.27. The van der Waals surface area contributed by atoms with Crippen molar-refractivity contribution in [3.63, 3.8) is 0 Å². The molecule has 2 rings (SSSR count). The molecule has 0 saturated carbocycles. The van der Waals surface area contributed by atoms with E-state index in [9.17, 15) is 10.2 Å².